The monoisotopic (exact) mass is 329 g/mol. The number of aliphatic hydroxyl groups is 1. The predicted molar refractivity (Wildman–Crippen MR) is 82.2 cm³/mol. The highest BCUT2D eigenvalue weighted by molar-refractivity contribution is 7.89. The largest absolute Gasteiger partial charge is 0.477 e. The van der Waals surface area contributed by atoms with Crippen molar-refractivity contribution in [3.63, 3.8) is 0 Å². The molecule has 124 valence electrons. The number of β-lactam (4-membered cyclic amide) rings is 1. The van der Waals surface area contributed by atoms with Crippen LogP contribution in [0.5, 0.6) is 0 Å². The van der Waals surface area contributed by atoms with E-state index in [4.69, 9.17) is 0 Å². The van der Waals surface area contributed by atoms with Gasteiger partial charge in [-0.25, -0.2) is 4.79 Å². The molecule has 5 unspecified atom stereocenters. The predicted octanol–water partition coefficient (Wildman–Crippen LogP) is 1.08. The molecule has 2 heterocycles. The molecule has 1 amide bonds. The van der Waals surface area contributed by atoms with Crippen molar-refractivity contribution in [1.82, 2.24) is 4.90 Å². The quantitative estimate of drug-likeness (QED) is 0.711. The fourth-order valence-electron chi connectivity index (χ4n) is 3.68. The lowest BCUT2D eigenvalue weighted by Gasteiger charge is -2.55. The lowest BCUT2D eigenvalue weighted by atomic mass is 9.67. The molecule has 1 saturated heterocycles. The highest BCUT2D eigenvalue weighted by Crippen LogP contribution is 2.56. The van der Waals surface area contributed by atoms with Gasteiger partial charge in [-0.1, -0.05) is 20.3 Å². The maximum Gasteiger partial charge on any atom is 0.353 e. The normalized spacial score (nSPS) is 33.5. The molecule has 22 heavy (non-hydrogen) atoms. The first-order valence-electron chi connectivity index (χ1n) is 7.57. The van der Waals surface area contributed by atoms with Crippen molar-refractivity contribution in [3.8, 4) is 0 Å². The van der Waals surface area contributed by atoms with Gasteiger partial charge in [-0.3, -0.25) is 13.9 Å². The second-order valence-corrected chi connectivity index (χ2v) is 7.80. The van der Waals surface area contributed by atoms with E-state index in [1.165, 1.54) is 11.8 Å². The van der Waals surface area contributed by atoms with E-state index in [-0.39, 0.29) is 11.6 Å². The molecule has 0 aliphatic carbocycles. The Morgan fingerprint density at radius 1 is 1.50 bits per heavy atom. The summed E-state index contributed by atoms with van der Waals surface area (Å²) in [6.45, 7) is 7.07. The van der Waals surface area contributed by atoms with Crippen LogP contribution in [0, 0.1) is 11.8 Å². The summed E-state index contributed by atoms with van der Waals surface area (Å²) in [4.78, 5) is 25.5. The molecule has 0 aromatic rings. The second kappa shape index (κ2) is 5.77. The van der Waals surface area contributed by atoms with Gasteiger partial charge < -0.3 is 10.2 Å². The minimum absolute atomic E-state index is 0.147. The molecule has 0 saturated carbocycles. The number of hydrogen-bond donors (Lipinski definition) is 2. The fourth-order valence-corrected chi connectivity index (χ4v) is 5.48. The molecular formula is C15H23NO5S. The Kier molecular flexibility index (Phi) is 4.50. The maximum absolute atomic E-state index is 12.6. The van der Waals surface area contributed by atoms with Gasteiger partial charge in [0, 0.05) is 11.7 Å². The molecule has 0 bridgehead atoms. The van der Waals surface area contributed by atoms with Gasteiger partial charge in [-0.2, -0.15) is 0 Å². The Hall–Kier alpha value is -1.21. The van der Waals surface area contributed by atoms with E-state index in [0.29, 0.717) is 10.7 Å². The van der Waals surface area contributed by atoms with Crippen LogP contribution in [-0.2, 0) is 20.4 Å². The van der Waals surface area contributed by atoms with Crippen LogP contribution in [-0.4, -0.2) is 48.6 Å². The Morgan fingerprint density at radius 3 is 2.55 bits per heavy atom. The summed E-state index contributed by atoms with van der Waals surface area (Å²) in [5.41, 5.74) is -0.956. The van der Waals surface area contributed by atoms with E-state index in [2.05, 4.69) is 0 Å². The molecule has 0 aromatic heterocycles. The average Bonchev–Trinajstić information content (AvgIpc) is 2.62. The lowest BCUT2D eigenvalue weighted by molar-refractivity contribution is -0.177. The Balaban J connectivity index is 2.47. The highest BCUT2D eigenvalue weighted by atomic mass is 32.2. The molecule has 6 nitrogen and oxygen atoms in total. The molecule has 7 heteroatoms. The summed E-state index contributed by atoms with van der Waals surface area (Å²) in [5.74, 6) is -2.24. The highest BCUT2D eigenvalue weighted by Gasteiger charge is 2.68. The number of carbonyl (C=O) groups is 2. The van der Waals surface area contributed by atoms with E-state index in [9.17, 15) is 24.0 Å². The number of unbranched alkanes of at least 4 members (excludes halogenated alkanes) is 1. The first-order valence-corrected chi connectivity index (χ1v) is 8.89. The first kappa shape index (κ1) is 17.1. The van der Waals surface area contributed by atoms with E-state index < -0.39 is 40.2 Å². The number of aliphatic carboxylic acids is 1. The van der Waals surface area contributed by atoms with E-state index in [0.717, 1.165) is 12.8 Å². The second-order valence-electron chi connectivity index (χ2n) is 6.26. The first-order chi connectivity index (χ1) is 10.2. The van der Waals surface area contributed by atoms with Crippen molar-refractivity contribution in [2.75, 3.05) is 5.75 Å². The molecule has 5 atom stereocenters. The SMILES string of the molecule is CCCCS(=O)C1=C(C(=O)O)N2C(=O)C(C(C)O)C2(C)C1C. The number of carbonyl (C=O) groups excluding carboxylic acids is 1. The molecule has 2 aliphatic rings. The molecule has 1 fully saturated rings. The van der Waals surface area contributed by atoms with E-state index in [1.807, 2.05) is 6.92 Å². The number of rotatable bonds is 6. The van der Waals surface area contributed by atoms with Crippen LogP contribution in [0.25, 0.3) is 0 Å². The minimum atomic E-state index is -1.42. The van der Waals surface area contributed by atoms with Crippen molar-refractivity contribution in [2.24, 2.45) is 11.8 Å². The summed E-state index contributed by atoms with van der Waals surface area (Å²) in [6.07, 6.45) is 0.737. The van der Waals surface area contributed by atoms with Crippen LogP contribution in [0.1, 0.15) is 40.5 Å². The summed E-state index contributed by atoms with van der Waals surface area (Å²) < 4.78 is 12.6. The number of carboxylic acids is 1. The van der Waals surface area contributed by atoms with Crippen molar-refractivity contribution < 1.29 is 24.0 Å². The van der Waals surface area contributed by atoms with Crippen molar-refractivity contribution in [1.29, 1.82) is 0 Å². The van der Waals surface area contributed by atoms with Crippen molar-refractivity contribution in [2.45, 2.75) is 52.2 Å². The number of carboxylic acid groups (broad SMARTS) is 1. The van der Waals surface area contributed by atoms with Gasteiger partial charge in [0.1, 0.15) is 5.70 Å². The Bertz CT molecular complexity index is 570. The smallest absolute Gasteiger partial charge is 0.353 e. The van der Waals surface area contributed by atoms with Gasteiger partial charge in [0.05, 0.1) is 33.3 Å². The maximum atomic E-state index is 12.6. The van der Waals surface area contributed by atoms with Crippen LogP contribution in [0.2, 0.25) is 0 Å². The van der Waals surface area contributed by atoms with Crippen molar-refractivity contribution >= 4 is 22.7 Å². The van der Waals surface area contributed by atoms with Gasteiger partial charge in [0.2, 0.25) is 5.91 Å². The fraction of sp³-hybridized carbons (Fsp3) is 0.733. The molecule has 2 N–H and O–H groups in total. The van der Waals surface area contributed by atoms with Crippen LogP contribution in [0.15, 0.2) is 10.6 Å². The Morgan fingerprint density at radius 2 is 2.09 bits per heavy atom. The average molecular weight is 329 g/mol. The zero-order valence-corrected chi connectivity index (χ0v) is 14.1. The van der Waals surface area contributed by atoms with E-state index in [1.54, 1.807) is 13.8 Å². The van der Waals surface area contributed by atoms with E-state index >= 15 is 0 Å². The van der Waals surface area contributed by atoms with Crippen LogP contribution < -0.4 is 0 Å². The third-order valence-corrected chi connectivity index (χ3v) is 6.64. The van der Waals surface area contributed by atoms with Gasteiger partial charge in [-0.05, 0) is 20.3 Å². The summed E-state index contributed by atoms with van der Waals surface area (Å²) in [5, 5.41) is 19.4. The molecule has 0 aromatic carbocycles. The Labute approximate surface area is 132 Å². The standard InChI is InChI=1S/C15H23NO5S/c1-5-6-7-22(21)12-8(2)15(4)10(9(3)17)13(18)16(15)11(12)14(19)20/h8-10,17H,5-7H2,1-4H3,(H,19,20). The zero-order chi connectivity index (χ0) is 16.8. The molecule has 0 radical (unpaired) electrons. The summed E-state index contributed by atoms with van der Waals surface area (Å²) >= 11 is 0. The lowest BCUT2D eigenvalue weighted by Crippen LogP contribution is -2.71. The number of nitrogens with zero attached hydrogens (tertiary/aromatic N) is 1. The molecule has 2 aliphatic heterocycles. The molecule has 0 spiro atoms. The molecule has 2 rings (SSSR count). The third-order valence-electron chi connectivity index (χ3n) is 4.94. The summed E-state index contributed by atoms with van der Waals surface area (Å²) in [6, 6.07) is 0. The number of amides is 1. The van der Waals surface area contributed by atoms with Crippen LogP contribution in [0.3, 0.4) is 0 Å². The van der Waals surface area contributed by atoms with Gasteiger partial charge in [-0.15, -0.1) is 0 Å². The van der Waals surface area contributed by atoms with Gasteiger partial charge in [0.15, 0.2) is 0 Å². The number of fused-ring (bicyclic) bond motifs is 1. The van der Waals surface area contributed by atoms with Crippen LogP contribution in [0.4, 0.5) is 0 Å². The molecular weight excluding hydrogens is 306 g/mol. The third kappa shape index (κ3) is 2.13. The van der Waals surface area contributed by atoms with Gasteiger partial charge in [0.25, 0.3) is 0 Å². The zero-order valence-electron chi connectivity index (χ0n) is 13.3. The minimum Gasteiger partial charge on any atom is -0.477 e. The van der Waals surface area contributed by atoms with Crippen molar-refractivity contribution in [3.05, 3.63) is 10.6 Å². The van der Waals surface area contributed by atoms with Gasteiger partial charge >= 0.3 is 5.97 Å². The van der Waals surface area contributed by atoms with Crippen LogP contribution >= 0.6 is 0 Å². The number of hydrogen-bond acceptors (Lipinski definition) is 4. The number of aliphatic hydroxyl groups excluding tert-OH is 1. The summed E-state index contributed by atoms with van der Waals surface area (Å²) in [7, 11) is -1.42. The topological polar surface area (TPSA) is 94.9 Å².